The molecule has 5 heteroatoms. The lowest BCUT2D eigenvalue weighted by atomic mass is 9.88. The molecular weight excluding hydrogens is 208 g/mol. The fourth-order valence-electron chi connectivity index (χ4n) is 3.92. The third-order valence-corrected chi connectivity index (χ3v) is 4.47. The Hall–Kier alpha value is -1.14. The van der Waals surface area contributed by atoms with E-state index in [4.69, 9.17) is 24.7 Å². The van der Waals surface area contributed by atoms with Gasteiger partial charge in [0, 0.05) is 23.7 Å². The smallest absolute Gasteiger partial charge is 0.166 e. The second kappa shape index (κ2) is 2.75. The molecule has 0 aromatic rings. The third kappa shape index (κ3) is 0.824. The van der Waals surface area contributed by atoms with E-state index in [2.05, 4.69) is 12.1 Å². The molecule has 0 aromatic heterocycles. The third-order valence-electron chi connectivity index (χ3n) is 4.47. The van der Waals surface area contributed by atoms with E-state index >= 15 is 0 Å². The van der Waals surface area contributed by atoms with Gasteiger partial charge in [0.1, 0.15) is 12.2 Å². The van der Waals surface area contributed by atoms with E-state index in [1.54, 1.807) is 0 Å². The van der Waals surface area contributed by atoms with Gasteiger partial charge >= 0.3 is 0 Å². The molecule has 1 aliphatic carbocycles. The first-order valence-electron chi connectivity index (χ1n) is 5.59. The Morgan fingerprint density at radius 1 is 0.812 bits per heavy atom. The van der Waals surface area contributed by atoms with Crippen LogP contribution in [0.25, 0.3) is 0 Å². The van der Waals surface area contributed by atoms with Crippen molar-refractivity contribution in [1.29, 1.82) is 10.5 Å². The Bertz CT molecular complexity index is 388. The Morgan fingerprint density at radius 3 is 1.75 bits per heavy atom. The average molecular weight is 218 g/mol. The summed E-state index contributed by atoms with van der Waals surface area (Å²) in [6.45, 7) is 0. The number of nitrogens with zero attached hydrogens (tertiary/aromatic N) is 2. The lowest BCUT2D eigenvalue weighted by molar-refractivity contribution is -0.203. The zero-order chi connectivity index (χ0) is 10.9. The van der Waals surface area contributed by atoms with Gasteiger partial charge in [-0.2, -0.15) is 10.5 Å². The summed E-state index contributed by atoms with van der Waals surface area (Å²) in [5.41, 5.74) is 0. The van der Waals surface area contributed by atoms with Crippen molar-refractivity contribution in [2.75, 3.05) is 0 Å². The number of hydrogen-bond acceptors (Lipinski definition) is 5. The van der Waals surface area contributed by atoms with Gasteiger partial charge in [0.25, 0.3) is 0 Å². The molecule has 3 saturated heterocycles. The van der Waals surface area contributed by atoms with Gasteiger partial charge in [-0.25, -0.2) is 0 Å². The SMILES string of the molecule is N#C[C@@H]1O[C@H]2O[C@H]3O[C@H](C#N)[C@H]4C[C@@H]1[C@@H]2[C@@H]34. The number of hydrogen-bond donors (Lipinski definition) is 0. The van der Waals surface area contributed by atoms with Gasteiger partial charge in [-0.3, -0.25) is 0 Å². The highest BCUT2D eigenvalue weighted by Crippen LogP contribution is 2.61. The molecule has 0 radical (unpaired) electrons. The highest BCUT2D eigenvalue weighted by atomic mass is 16.8. The van der Waals surface area contributed by atoms with Crippen molar-refractivity contribution < 1.29 is 14.2 Å². The lowest BCUT2D eigenvalue weighted by Gasteiger charge is -2.15. The molecule has 1 saturated carbocycles. The van der Waals surface area contributed by atoms with Gasteiger partial charge in [0.2, 0.25) is 0 Å². The van der Waals surface area contributed by atoms with Gasteiger partial charge in [-0.1, -0.05) is 0 Å². The van der Waals surface area contributed by atoms with E-state index in [1.165, 1.54) is 0 Å². The summed E-state index contributed by atoms with van der Waals surface area (Å²) >= 11 is 0. The monoisotopic (exact) mass is 218 g/mol. The molecule has 0 spiro atoms. The molecule has 8 atom stereocenters. The standard InChI is InChI=1S/C11H10N2O3/c12-2-6-4-1-5-7(3-13)15-11-9(5)8(4)10(14-6)16-11/h4-11H,1H2/t4-,5+,6-,7+,8+,9-,10-,11+. The second-order valence-corrected chi connectivity index (χ2v) is 4.96. The molecule has 0 unspecified atom stereocenters. The maximum Gasteiger partial charge on any atom is 0.166 e. The van der Waals surface area contributed by atoms with Crippen molar-refractivity contribution in [3.05, 3.63) is 0 Å². The van der Waals surface area contributed by atoms with Crippen LogP contribution in [0, 0.1) is 46.3 Å². The Labute approximate surface area is 92.5 Å². The number of rotatable bonds is 0. The van der Waals surface area contributed by atoms with E-state index in [-0.39, 0.29) is 48.5 Å². The van der Waals surface area contributed by atoms with Gasteiger partial charge < -0.3 is 14.2 Å². The van der Waals surface area contributed by atoms with Crippen LogP contribution in [-0.4, -0.2) is 24.8 Å². The minimum atomic E-state index is -0.360. The normalized spacial score (nSPS) is 60.6. The van der Waals surface area contributed by atoms with Crippen LogP contribution in [0.4, 0.5) is 0 Å². The van der Waals surface area contributed by atoms with Gasteiger partial charge in [-0.15, -0.1) is 0 Å². The van der Waals surface area contributed by atoms with E-state index in [9.17, 15) is 0 Å². The predicted octanol–water partition coefficient (Wildman–Crippen LogP) is 0.382. The number of ether oxygens (including phenoxy) is 3. The zero-order valence-corrected chi connectivity index (χ0v) is 8.45. The van der Waals surface area contributed by atoms with Crippen LogP contribution in [0.2, 0.25) is 0 Å². The first-order valence-corrected chi connectivity index (χ1v) is 5.59. The van der Waals surface area contributed by atoms with Gasteiger partial charge in [-0.05, 0) is 6.42 Å². The first kappa shape index (κ1) is 8.95. The van der Waals surface area contributed by atoms with Crippen molar-refractivity contribution in [1.82, 2.24) is 0 Å². The minimum absolute atomic E-state index is 0.231. The summed E-state index contributed by atoms with van der Waals surface area (Å²) in [5, 5.41) is 18.0. The minimum Gasteiger partial charge on any atom is -0.334 e. The van der Waals surface area contributed by atoms with E-state index < -0.39 is 0 Å². The zero-order valence-electron chi connectivity index (χ0n) is 8.45. The Balaban J connectivity index is 1.73. The molecule has 0 amide bonds. The van der Waals surface area contributed by atoms with Crippen LogP contribution in [0.15, 0.2) is 0 Å². The van der Waals surface area contributed by atoms with Crippen molar-refractivity contribution in [2.24, 2.45) is 23.7 Å². The molecule has 3 heterocycles. The fraction of sp³-hybridized carbons (Fsp3) is 0.818. The first-order chi connectivity index (χ1) is 7.83. The maximum absolute atomic E-state index is 9.01. The van der Waals surface area contributed by atoms with Crippen molar-refractivity contribution >= 4 is 0 Å². The molecule has 4 fully saturated rings. The molecule has 0 aromatic carbocycles. The van der Waals surface area contributed by atoms with Crippen molar-refractivity contribution in [2.45, 2.75) is 31.2 Å². The number of nitriles is 2. The molecule has 16 heavy (non-hydrogen) atoms. The van der Waals surface area contributed by atoms with E-state index in [1.807, 2.05) is 0 Å². The summed E-state index contributed by atoms with van der Waals surface area (Å²) in [6.07, 6.45) is -0.423. The second-order valence-electron chi connectivity index (χ2n) is 4.96. The lowest BCUT2D eigenvalue weighted by Crippen LogP contribution is -2.22. The van der Waals surface area contributed by atoms with E-state index in [0.717, 1.165) is 6.42 Å². The molecule has 0 N–H and O–H groups in total. The quantitative estimate of drug-likeness (QED) is 0.587. The van der Waals surface area contributed by atoms with Crippen LogP contribution in [0.1, 0.15) is 6.42 Å². The predicted molar refractivity (Wildman–Crippen MR) is 48.2 cm³/mol. The summed E-state index contributed by atoms with van der Waals surface area (Å²) in [6, 6.07) is 4.37. The van der Waals surface area contributed by atoms with Crippen molar-refractivity contribution in [3.8, 4) is 12.1 Å². The van der Waals surface area contributed by atoms with Crippen molar-refractivity contribution in [3.63, 3.8) is 0 Å². The van der Waals surface area contributed by atoms with Crippen LogP contribution in [0.5, 0.6) is 0 Å². The molecule has 5 nitrogen and oxygen atoms in total. The molecule has 82 valence electrons. The molecule has 0 bridgehead atoms. The summed E-state index contributed by atoms with van der Waals surface area (Å²) in [4.78, 5) is 0. The van der Waals surface area contributed by atoms with Crippen LogP contribution < -0.4 is 0 Å². The molecule has 3 aliphatic heterocycles. The summed E-state index contributed by atoms with van der Waals surface area (Å²) in [5.74, 6) is 0.987. The molecule has 4 aliphatic rings. The fourth-order valence-corrected chi connectivity index (χ4v) is 3.92. The Kier molecular flexibility index (Phi) is 1.54. The van der Waals surface area contributed by atoms with Gasteiger partial charge in [0.15, 0.2) is 12.6 Å². The maximum atomic E-state index is 9.01. The highest BCUT2D eigenvalue weighted by Gasteiger charge is 2.68. The molecular formula is C11H10N2O3. The largest absolute Gasteiger partial charge is 0.334 e. The van der Waals surface area contributed by atoms with Crippen LogP contribution in [-0.2, 0) is 14.2 Å². The Morgan fingerprint density at radius 2 is 1.31 bits per heavy atom. The summed E-state index contributed by atoms with van der Waals surface area (Å²) < 4.78 is 16.7. The average Bonchev–Trinajstić information content (AvgIpc) is 2.95. The highest BCUT2D eigenvalue weighted by molar-refractivity contribution is 5.15. The van der Waals surface area contributed by atoms with Crippen LogP contribution in [0.3, 0.4) is 0 Å². The van der Waals surface area contributed by atoms with Gasteiger partial charge in [0.05, 0.1) is 12.1 Å². The van der Waals surface area contributed by atoms with Crippen LogP contribution >= 0.6 is 0 Å². The summed E-state index contributed by atoms with van der Waals surface area (Å²) in [7, 11) is 0. The topological polar surface area (TPSA) is 75.3 Å². The molecule has 4 rings (SSSR count). The van der Waals surface area contributed by atoms with E-state index in [0.29, 0.717) is 0 Å².